The highest BCUT2D eigenvalue weighted by molar-refractivity contribution is 6.42. The summed E-state index contributed by atoms with van der Waals surface area (Å²) in [5.41, 5.74) is 3.20. The average molecular weight is 547 g/mol. The number of aliphatic carboxylic acids is 1. The molecule has 204 valence electrons. The monoisotopic (exact) mass is 546 g/mol. The highest BCUT2D eigenvalue weighted by Crippen LogP contribution is 2.23. The number of ether oxygens (including phenoxy) is 1. The fourth-order valence-electron chi connectivity index (χ4n) is 4.05. The zero-order chi connectivity index (χ0) is 28.6. The summed E-state index contributed by atoms with van der Waals surface area (Å²) < 4.78 is 11.7. The van der Waals surface area contributed by atoms with E-state index in [9.17, 15) is 14.7 Å². The van der Waals surface area contributed by atoms with Crippen molar-refractivity contribution in [3.05, 3.63) is 143 Å². The van der Waals surface area contributed by atoms with E-state index in [1.807, 2.05) is 43.3 Å². The number of hydrogen-bond donors (Lipinski definition) is 1. The third kappa shape index (κ3) is 6.75. The molecule has 41 heavy (non-hydrogen) atoms. The van der Waals surface area contributed by atoms with E-state index in [2.05, 4.69) is 10.1 Å². The molecule has 0 saturated heterocycles. The lowest BCUT2D eigenvalue weighted by molar-refractivity contribution is -0.129. The number of ketones is 1. The van der Waals surface area contributed by atoms with Crippen LogP contribution in [0.5, 0.6) is 5.75 Å². The van der Waals surface area contributed by atoms with Crippen molar-refractivity contribution in [2.75, 3.05) is 0 Å². The van der Waals surface area contributed by atoms with Crippen LogP contribution in [0.2, 0.25) is 0 Å². The van der Waals surface area contributed by atoms with Gasteiger partial charge in [0.2, 0.25) is 5.89 Å². The van der Waals surface area contributed by atoms with Gasteiger partial charge in [0.15, 0.2) is 11.5 Å². The third-order valence-electron chi connectivity index (χ3n) is 6.24. The number of aryl methyl sites for hydroxylation is 1. The Labute approximate surface area is 236 Å². The molecule has 1 N–H and O–H groups in total. The van der Waals surface area contributed by atoms with Crippen molar-refractivity contribution < 1.29 is 28.7 Å². The van der Waals surface area contributed by atoms with Gasteiger partial charge >= 0.3 is 5.97 Å². The van der Waals surface area contributed by atoms with Gasteiger partial charge in [-0.15, -0.1) is 0 Å². The van der Waals surface area contributed by atoms with Gasteiger partial charge in [-0.1, -0.05) is 84.0 Å². The Morgan fingerprint density at radius 2 is 1.46 bits per heavy atom. The molecule has 0 amide bonds. The fraction of sp³-hybridized carbons (Fsp3) is 0.0909. The van der Waals surface area contributed by atoms with Crippen LogP contribution in [-0.2, 0) is 22.8 Å². The first-order chi connectivity index (χ1) is 20.0. The molecule has 8 nitrogen and oxygen atoms in total. The molecule has 4 aromatic carbocycles. The van der Waals surface area contributed by atoms with E-state index in [1.54, 1.807) is 66.7 Å². The van der Waals surface area contributed by atoms with E-state index in [-0.39, 0.29) is 30.3 Å². The van der Waals surface area contributed by atoms with Gasteiger partial charge in [-0.2, -0.15) is 0 Å². The first-order valence-corrected chi connectivity index (χ1v) is 12.8. The molecule has 0 spiro atoms. The van der Waals surface area contributed by atoms with Gasteiger partial charge in [0.05, 0.1) is 0 Å². The van der Waals surface area contributed by atoms with Gasteiger partial charge < -0.3 is 19.1 Å². The third-order valence-corrected chi connectivity index (χ3v) is 6.24. The van der Waals surface area contributed by atoms with E-state index in [4.69, 9.17) is 14.0 Å². The predicted molar refractivity (Wildman–Crippen MR) is 153 cm³/mol. The summed E-state index contributed by atoms with van der Waals surface area (Å²) in [4.78, 5) is 34.6. The largest absolute Gasteiger partial charge is 0.487 e. The summed E-state index contributed by atoms with van der Waals surface area (Å²) in [6.45, 7) is 2.14. The summed E-state index contributed by atoms with van der Waals surface area (Å²) >= 11 is 0. The minimum atomic E-state index is -1.27. The molecule has 0 unspecified atom stereocenters. The SMILES string of the molecule is Cc1oc(-c2ccccc2)nc1COc1ccc(CO/N=C(/C(=O)O)c2cccc(C(=O)c3ccccc3)c2)cc1. The molecular weight excluding hydrogens is 520 g/mol. The normalized spacial score (nSPS) is 11.2. The molecule has 0 radical (unpaired) electrons. The number of nitrogens with zero attached hydrogens (tertiary/aromatic N) is 2. The Bertz CT molecular complexity index is 1680. The number of carbonyl (C=O) groups is 2. The molecule has 1 heterocycles. The molecule has 0 saturated carbocycles. The standard InChI is InChI=1S/C33H26N2O6/c1-22-29(34-32(41-22)25-11-6-3-7-12-25)21-39-28-17-15-23(16-18-28)20-40-35-30(33(37)38)26-13-8-14-27(19-26)31(36)24-9-4-2-5-10-24/h2-19H,20-21H2,1H3,(H,37,38)/b35-30+. The minimum Gasteiger partial charge on any atom is -0.487 e. The van der Waals surface area contributed by atoms with Crippen molar-refractivity contribution in [2.45, 2.75) is 20.1 Å². The number of carboxylic acids is 1. The Kier molecular flexibility index (Phi) is 8.30. The van der Waals surface area contributed by atoms with Gasteiger partial charge in [0.25, 0.3) is 0 Å². The second-order valence-corrected chi connectivity index (χ2v) is 9.11. The Balaban J connectivity index is 1.20. The topological polar surface area (TPSA) is 111 Å². The van der Waals surface area contributed by atoms with Gasteiger partial charge in [-0.25, -0.2) is 9.78 Å². The van der Waals surface area contributed by atoms with Crippen molar-refractivity contribution >= 4 is 17.5 Å². The van der Waals surface area contributed by atoms with Crippen LogP contribution in [0.3, 0.4) is 0 Å². The highest BCUT2D eigenvalue weighted by Gasteiger charge is 2.17. The van der Waals surface area contributed by atoms with Crippen molar-refractivity contribution in [3.8, 4) is 17.2 Å². The van der Waals surface area contributed by atoms with E-state index < -0.39 is 5.97 Å². The summed E-state index contributed by atoms with van der Waals surface area (Å²) in [5, 5.41) is 13.6. The number of oxime groups is 1. The van der Waals surface area contributed by atoms with Gasteiger partial charge in [-0.05, 0) is 42.8 Å². The van der Waals surface area contributed by atoms with Gasteiger partial charge in [0, 0.05) is 22.3 Å². The molecule has 0 fully saturated rings. The van der Waals surface area contributed by atoms with Crippen LogP contribution in [0.4, 0.5) is 0 Å². The number of carboxylic acid groups (broad SMARTS) is 1. The first kappa shape index (κ1) is 27.1. The summed E-state index contributed by atoms with van der Waals surface area (Å²) in [6, 6.07) is 31.9. The van der Waals surface area contributed by atoms with Crippen LogP contribution in [0.15, 0.2) is 119 Å². The van der Waals surface area contributed by atoms with E-state index in [1.165, 1.54) is 6.07 Å². The van der Waals surface area contributed by atoms with Crippen LogP contribution >= 0.6 is 0 Å². The summed E-state index contributed by atoms with van der Waals surface area (Å²) in [6.07, 6.45) is 0. The zero-order valence-corrected chi connectivity index (χ0v) is 22.2. The van der Waals surface area contributed by atoms with Crippen LogP contribution in [-0.4, -0.2) is 27.6 Å². The lowest BCUT2D eigenvalue weighted by Gasteiger charge is -2.07. The number of carbonyl (C=O) groups excluding carboxylic acids is 1. The molecule has 0 atom stereocenters. The predicted octanol–water partition coefficient (Wildman–Crippen LogP) is 6.47. The van der Waals surface area contributed by atoms with Crippen molar-refractivity contribution in [3.63, 3.8) is 0 Å². The molecule has 5 rings (SSSR count). The fourth-order valence-corrected chi connectivity index (χ4v) is 4.05. The lowest BCUT2D eigenvalue weighted by atomic mass is 10.00. The smallest absolute Gasteiger partial charge is 0.358 e. The maximum Gasteiger partial charge on any atom is 0.358 e. The second-order valence-electron chi connectivity index (χ2n) is 9.11. The van der Waals surface area contributed by atoms with Gasteiger partial charge in [0.1, 0.15) is 30.4 Å². The summed E-state index contributed by atoms with van der Waals surface area (Å²) in [5.74, 6) is 0.389. The van der Waals surface area contributed by atoms with E-state index >= 15 is 0 Å². The number of rotatable bonds is 11. The molecule has 0 aliphatic rings. The van der Waals surface area contributed by atoms with Crippen molar-refractivity contribution in [2.24, 2.45) is 5.16 Å². The molecular formula is C33H26N2O6. The van der Waals surface area contributed by atoms with E-state index in [0.717, 1.165) is 11.1 Å². The lowest BCUT2D eigenvalue weighted by Crippen LogP contribution is -2.16. The molecule has 8 heteroatoms. The number of oxazole rings is 1. The molecule has 0 bridgehead atoms. The Morgan fingerprint density at radius 1 is 0.805 bits per heavy atom. The maximum atomic E-state index is 12.8. The molecule has 1 aromatic heterocycles. The second kappa shape index (κ2) is 12.6. The van der Waals surface area contributed by atoms with Gasteiger partial charge in [-0.3, -0.25) is 4.79 Å². The quantitative estimate of drug-likeness (QED) is 0.115. The van der Waals surface area contributed by atoms with E-state index in [0.29, 0.717) is 34.2 Å². The minimum absolute atomic E-state index is 0.0442. The first-order valence-electron chi connectivity index (χ1n) is 12.8. The Hall–Kier alpha value is -5.50. The number of hydrogen-bond acceptors (Lipinski definition) is 7. The average Bonchev–Trinajstić information content (AvgIpc) is 3.39. The van der Waals surface area contributed by atoms with Crippen LogP contribution < -0.4 is 4.74 Å². The van der Waals surface area contributed by atoms with Crippen LogP contribution in [0.25, 0.3) is 11.5 Å². The highest BCUT2D eigenvalue weighted by atomic mass is 16.6. The summed E-state index contributed by atoms with van der Waals surface area (Å²) in [7, 11) is 0. The number of benzene rings is 4. The zero-order valence-electron chi connectivity index (χ0n) is 22.2. The van der Waals surface area contributed by atoms with Crippen molar-refractivity contribution in [1.82, 2.24) is 4.98 Å². The maximum absolute atomic E-state index is 12.8. The van der Waals surface area contributed by atoms with Crippen LogP contribution in [0, 0.1) is 6.92 Å². The molecule has 0 aliphatic heterocycles. The van der Waals surface area contributed by atoms with Crippen LogP contribution in [0.1, 0.15) is 38.5 Å². The number of aromatic nitrogens is 1. The van der Waals surface area contributed by atoms with Crippen molar-refractivity contribution in [1.29, 1.82) is 0 Å². The molecule has 5 aromatic rings. The molecule has 0 aliphatic carbocycles. The Morgan fingerprint density at radius 3 is 2.17 bits per heavy atom.